The number of hydrogen-bond acceptors (Lipinski definition) is 2. The van der Waals surface area contributed by atoms with Crippen molar-refractivity contribution in [1.29, 1.82) is 0 Å². The van der Waals surface area contributed by atoms with E-state index < -0.39 is 0 Å². The minimum atomic E-state index is 0.798. The minimum absolute atomic E-state index is 0.798. The van der Waals surface area contributed by atoms with Gasteiger partial charge in [-0.05, 0) is 18.6 Å². The van der Waals surface area contributed by atoms with Gasteiger partial charge >= 0.3 is 0 Å². The number of rotatable bonds is 5. The molecule has 2 aromatic carbocycles. The first-order chi connectivity index (χ1) is 14.2. The summed E-state index contributed by atoms with van der Waals surface area (Å²) in [5, 5.41) is 0. The van der Waals surface area contributed by atoms with E-state index in [1.807, 2.05) is 41.2 Å². The van der Waals surface area contributed by atoms with Crippen molar-refractivity contribution in [3.63, 3.8) is 0 Å². The van der Waals surface area contributed by atoms with Crippen molar-refractivity contribution in [1.82, 2.24) is 0 Å². The molecule has 0 spiro atoms. The normalized spacial score (nSPS) is 10.6. The molecule has 29 heavy (non-hydrogen) atoms. The molecule has 2 heterocycles. The lowest BCUT2D eigenvalue weighted by atomic mass is 10.1. The molecule has 0 unspecified atom stereocenters. The van der Waals surface area contributed by atoms with Crippen LogP contribution in [-0.2, 0) is 0 Å². The third-order valence-corrected chi connectivity index (χ3v) is 5.04. The van der Waals surface area contributed by atoms with Gasteiger partial charge in [-0.1, -0.05) is 30.3 Å². The van der Waals surface area contributed by atoms with Crippen LogP contribution < -0.4 is 18.6 Å². The number of nitrogens with zero attached hydrogens (tertiary/aromatic N) is 2. The molecule has 4 heteroatoms. The summed E-state index contributed by atoms with van der Waals surface area (Å²) in [6.45, 7) is 2.12. The summed E-state index contributed by atoms with van der Waals surface area (Å²) in [6, 6.07) is 22.6. The molecule has 0 aliphatic carbocycles. The van der Waals surface area contributed by atoms with Crippen molar-refractivity contribution in [2.75, 3.05) is 14.2 Å². The zero-order chi connectivity index (χ0) is 20.2. The summed E-state index contributed by atoms with van der Waals surface area (Å²) in [5.41, 5.74) is 5.51. The van der Waals surface area contributed by atoms with Crippen molar-refractivity contribution in [2.24, 2.45) is 0 Å². The molecule has 0 amide bonds. The van der Waals surface area contributed by atoms with E-state index in [-0.39, 0.29) is 0 Å². The smallest absolute Gasteiger partial charge is 0.253 e. The first kappa shape index (κ1) is 18.7. The second-order valence-electron chi connectivity index (χ2n) is 6.79. The Hall–Kier alpha value is -3.66. The molecular weight excluding hydrogens is 360 g/mol. The second-order valence-corrected chi connectivity index (χ2v) is 6.79. The van der Waals surface area contributed by atoms with E-state index in [1.165, 1.54) is 11.3 Å². The number of methoxy groups -OCH3 is 2. The van der Waals surface area contributed by atoms with Crippen LogP contribution in [0.4, 0.5) is 0 Å². The van der Waals surface area contributed by atoms with Crippen molar-refractivity contribution in [2.45, 2.75) is 6.92 Å². The van der Waals surface area contributed by atoms with Crippen molar-refractivity contribution in [3.05, 3.63) is 97.1 Å². The lowest BCUT2D eigenvalue weighted by Crippen LogP contribution is -2.31. The first-order valence-corrected chi connectivity index (χ1v) is 9.51. The fourth-order valence-corrected chi connectivity index (χ4v) is 3.49. The largest absolute Gasteiger partial charge is 0.490 e. The molecule has 0 N–H and O–H groups in total. The van der Waals surface area contributed by atoms with E-state index in [1.54, 1.807) is 14.2 Å². The van der Waals surface area contributed by atoms with E-state index in [2.05, 4.69) is 66.3 Å². The first-order valence-electron chi connectivity index (χ1n) is 9.51. The van der Waals surface area contributed by atoms with Gasteiger partial charge in [0.1, 0.15) is 0 Å². The molecule has 0 bridgehead atoms. The standard InChI is InChI=1S/C25H24N2O2/c1-19-8-4-5-9-22(19)26-15-12-20(13-16-26)21-14-17-27(18-25(21)29-3)23-10-6-7-11-24(23)28-2/h4-18H,1-3H3/q+2. The minimum Gasteiger partial charge on any atom is -0.490 e. The number of ether oxygens (including phenoxy) is 2. The van der Waals surface area contributed by atoms with Gasteiger partial charge in [0.25, 0.3) is 5.69 Å². The number of para-hydroxylation sites is 3. The monoisotopic (exact) mass is 384 g/mol. The van der Waals surface area contributed by atoms with E-state index in [0.29, 0.717) is 0 Å². The molecule has 0 atom stereocenters. The average Bonchev–Trinajstić information content (AvgIpc) is 2.79. The van der Waals surface area contributed by atoms with Crippen molar-refractivity contribution in [3.8, 4) is 34.0 Å². The fourth-order valence-electron chi connectivity index (χ4n) is 3.49. The van der Waals surface area contributed by atoms with Gasteiger partial charge in [0.15, 0.2) is 30.1 Å². The van der Waals surface area contributed by atoms with Gasteiger partial charge < -0.3 is 9.47 Å². The van der Waals surface area contributed by atoms with Gasteiger partial charge in [0.05, 0.1) is 14.2 Å². The van der Waals surface area contributed by atoms with E-state index >= 15 is 0 Å². The molecule has 0 saturated carbocycles. The zero-order valence-electron chi connectivity index (χ0n) is 16.9. The van der Waals surface area contributed by atoms with Crippen LogP contribution in [0, 0.1) is 6.92 Å². The maximum atomic E-state index is 5.70. The predicted octanol–water partition coefficient (Wildman–Crippen LogP) is 4.23. The maximum Gasteiger partial charge on any atom is 0.253 e. The van der Waals surface area contributed by atoms with Gasteiger partial charge in [-0.3, -0.25) is 0 Å². The number of hydrogen-bond donors (Lipinski definition) is 0. The lowest BCUT2D eigenvalue weighted by molar-refractivity contribution is -0.596. The van der Waals surface area contributed by atoms with Crippen molar-refractivity contribution < 1.29 is 18.6 Å². The summed E-state index contributed by atoms with van der Waals surface area (Å²) >= 11 is 0. The topological polar surface area (TPSA) is 26.2 Å². The summed E-state index contributed by atoms with van der Waals surface area (Å²) in [6.07, 6.45) is 8.17. The molecule has 0 saturated heterocycles. The molecular formula is C25H24N2O2+2. The van der Waals surface area contributed by atoms with Gasteiger partial charge in [0.2, 0.25) is 11.9 Å². The fraction of sp³-hybridized carbons (Fsp3) is 0.120. The van der Waals surface area contributed by atoms with E-state index in [4.69, 9.17) is 9.47 Å². The summed E-state index contributed by atoms with van der Waals surface area (Å²) in [4.78, 5) is 0. The van der Waals surface area contributed by atoms with Crippen LogP contribution in [-0.4, -0.2) is 14.2 Å². The highest BCUT2D eigenvalue weighted by molar-refractivity contribution is 5.68. The lowest BCUT2D eigenvalue weighted by Gasteiger charge is -2.08. The Morgan fingerprint density at radius 3 is 1.93 bits per heavy atom. The van der Waals surface area contributed by atoms with Crippen LogP contribution in [0.3, 0.4) is 0 Å². The molecule has 4 rings (SSSR count). The molecule has 0 aliphatic heterocycles. The Balaban J connectivity index is 1.71. The summed E-state index contributed by atoms with van der Waals surface area (Å²) in [5.74, 6) is 1.61. The van der Waals surface area contributed by atoms with Gasteiger partial charge in [-0.2, -0.15) is 9.13 Å². The molecule has 2 aromatic heterocycles. The number of aromatic nitrogens is 2. The Labute approximate surface area is 171 Å². The number of pyridine rings is 2. The molecule has 0 aliphatic rings. The zero-order valence-corrected chi connectivity index (χ0v) is 16.9. The summed E-state index contributed by atoms with van der Waals surface area (Å²) in [7, 11) is 3.38. The highest BCUT2D eigenvalue weighted by Crippen LogP contribution is 2.28. The van der Waals surface area contributed by atoms with Crippen molar-refractivity contribution >= 4 is 0 Å². The van der Waals surface area contributed by atoms with Gasteiger partial charge in [-0.15, -0.1) is 0 Å². The molecule has 0 radical (unpaired) electrons. The van der Waals surface area contributed by atoms with Crippen LogP contribution in [0.1, 0.15) is 5.56 Å². The van der Waals surface area contributed by atoms with Gasteiger partial charge in [-0.25, -0.2) is 0 Å². The molecule has 0 fully saturated rings. The quantitative estimate of drug-likeness (QED) is 0.481. The predicted molar refractivity (Wildman–Crippen MR) is 113 cm³/mol. The van der Waals surface area contributed by atoms with Crippen LogP contribution in [0.25, 0.3) is 22.5 Å². The second kappa shape index (κ2) is 8.15. The SMILES string of the molecule is COc1c[n+](-c2ccccc2OC)ccc1-c1cc[n+](-c2ccccc2C)cc1. The Morgan fingerprint density at radius 2 is 1.24 bits per heavy atom. The summed E-state index contributed by atoms with van der Waals surface area (Å²) < 4.78 is 15.3. The van der Waals surface area contributed by atoms with Crippen LogP contribution >= 0.6 is 0 Å². The Morgan fingerprint density at radius 1 is 0.621 bits per heavy atom. The van der Waals surface area contributed by atoms with Crippen LogP contribution in [0.5, 0.6) is 11.5 Å². The van der Waals surface area contributed by atoms with E-state index in [9.17, 15) is 0 Å². The molecule has 4 aromatic rings. The van der Waals surface area contributed by atoms with E-state index in [0.717, 1.165) is 28.3 Å². The Bertz CT molecular complexity index is 1140. The van der Waals surface area contributed by atoms with Gasteiger partial charge in [0, 0.05) is 41.5 Å². The maximum absolute atomic E-state index is 5.70. The third-order valence-electron chi connectivity index (χ3n) is 5.04. The number of aryl methyl sites for hydroxylation is 1. The number of benzene rings is 2. The highest BCUT2D eigenvalue weighted by Gasteiger charge is 2.18. The third kappa shape index (κ3) is 3.69. The average molecular weight is 384 g/mol. The van der Waals surface area contributed by atoms with Crippen LogP contribution in [0.2, 0.25) is 0 Å². The highest BCUT2D eigenvalue weighted by atomic mass is 16.5. The molecule has 4 nitrogen and oxygen atoms in total. The Kier molecular flexibility index (Phi) is 5.25. The van der Waals surface area contributed by atoms with Crippen LogP contribution in [0.15, 0.2) is 91.5 Å². The molecule has 144 valence electrons.